The molecule has 0 bridgehead atoms. The Kier molecular flexibility index (Phi) is 8.52. The molecule has 94 valence electrons. The maximum Gasteiger partial charge on any atom is 0.305 e. The van der Waals surface area contributed by atoms with Crippen molar-refractivity contribution in [1.82, 2.24) is 5.06 Å². The maximum absolute atomic E-state index is 11.3. The summed E-state index contributed by atoms with van der Waals surface area (Å²) in [6.07, 6.45) is 4.49. The van der Waals surface area contributed by atoms with Gasteiger partial charge in [0.15, 0.2) is 0 Å². The topological polar surface area (TPSA) is 55.8 Å². The second-order valence-electron chi connectivity index (χ2n) is 3.56. The standard InChI is InChI=1S/C11H21NO4/c1-12(16-3)10(13)8-6-4-5-7-9-11(14)15-2/h4-9H2,1-3H3. The summed E-state index contributed by atoms with van der Waals surface area (Å²) >= 11 is 0. The molecule has 0 radical (unpaired) electrons. The number of hydrogen-bond acceptors (Lipinski definition) is 4. The number of hydroxylamine groups is 2. The van der Waals surface area contributed by atoms with Crippen molar-refractivity contribution in [2.75, 3.05) is 21.3 Å². The fraction of sp³-hybridized carbons (Fsp3) is 0.818. The van der Waals surface area contributed by atoms with Gasteiger partial charge in [-0.2, -0.15) is 0 Å². The van der Waals surface area contributed by atoms with Crippen LogP contribution in [0.5, 0.6) is 0 Å². The Labute approximate surface area is 96.7 Å². The third kappa shape index (κ3) is 7.23. The maximum atomic E-state index is 11.3. The number of ether oxygens (including phenoxy) is 1. The molecule has 0 atom stereocenters. The molecule has 0 unspecified atom stereocenters. The molecule has 0 N–H and O–H groups in total. The molecule has 0 saturated carbocycles. The number of nitrogens with zero attached hydrogens (tertiary/aromatic N) is 1. The molecule has 0 aromatic carbocycles. The molecule has 0 aliphatic carbocycles. The predicted octanol–water partition coefficient (Wildman–Crippen LogP) is 1.52. The van der Waals surface area contributed by atoms with Gasteiger partial charge in [0.05, 0.1) is 14.2 Å². The van der Waals surface area contributed by atoms with E-state index in [2.05, 4.69) is 4.74 Å². The van der Waals surface area contributed by atoms with E-state index in [0.29, 0.717) is 12.8 Å². The van der Waals surface area contributed by atoms with E-state index >= 15 is 0 Å². The van der Waals surface area contributed by atoms with Crippen molar-refractivity contribution in [2.24, 2.45) is 0 Å². The lowest BCUT2D eigenvalue weighted by atomic mass is 10.1. The number of esters is 1. The molecular weight excluding hydrogens is 210 g/mol. The Morgan fingerprint density at radius 2 is 1.56 bits per heavy atom. The van der Waals surface area contributed by atoms with Crippen LogP contribution in [0.15, 0.2) is 0 Å². The first-order chi connectivity index (χ1) is 7.61. The van der Waals surface area contributed by atoms with Gasteiger partial charge in [-0.15, -0.1) is 0 Å². The van der Waals surface area contributed by atoms with E-state index in [1.54, 1.807) is 7.05 Å². The second-order valence-corrected chi connectivity index (χ2v) is 3.56. The van der Waals surface area contributed by atoms with Crippen LogP contribution >= 0.6 is 0 Å². The molecule has 0 aromatic heterocycles. The lowest BCUT2D eigenvalue weighted by molar-refractivity contribution is -0.168. The normalized spacial score (nSPS) is 9.94. The third-order valence-electron chi connectivity index (χ3n) is 2.37. The molecule has 1 amide bonds. The summed E-state index contributed by atoms with van der Waals surface area (Å²) in [7, 11) is 4.45. The first-order valence-electron chi connectivity index (χ1n) is 5.49. The van der Waals surface area contributed by atoms with Gasteiger partial charge in [0.1, 0.15) is 0 Å². The molecule has 0 aliphatic heterocycles. The van der Waals surface area contributed by atoms with Crippen LogP contribution in [0.3, 0.4) is 0 Å². The quantitative estimate of drug-likeness (QED) is 0.361. The van der Waals surface area contributed by atoms with Gasteiger partial charge in [0.2, 0.25) is 5.91 Å². The van der Waals surface area contributed by atoms with Crippen LogP contribution in [0.4, 0.5) is 0 Å². The van der Waals surface area contributed by atoms with E-state index in [1.807, 2.05) is 0 Å². The van der Waals surface area contributed by atoms with Crippen LogP contribution in [-0.4, -0.2) is 38.2 Å². The summed E-state index contributed by atoms with van der Waals surface area (Å²) in [5.41, 5.74) is 0. The first-order valence-corrected chi connectivity index (χ1v) is 5.49. The van der Waals surface area contributed by atoms with Crippen molar-refractivity contribution in [3.63, 3.8) is 0 Å². The summed E-state index contributed by atoms with van der Waals surface area (Å²) in [5, 5.41) is 1.23. The second kappa shape index (κ2) is 9.15. The Bertz CT molecular complexity index is 218. The molecule has 5 nitrogen and oxygen atoms in total. The molecule has 0 heterocycles. The van der Waals surface area contributed by atoms with Gasteiger partial charge in [-0.25, -0.2) is 5.06 Å². The number of hydrogen-bond donors (Lipinski definition) is 0. The van der Waals surface area contributed by atoms with Gasteiger partial charge < -0.3 is 4.74 Å². The Morgan fingerprint density at radius 3 is 2.06 bits per heavy atom. The van der Waals surface area contributed by atoms with Crippen molar-refractivity contribution in [1.29, 1.82) is 0 Å². The van der Waals surface area contributed by atoms with Crippen molar-refractivity contribution in [3.05, 3.63) is 0 Å². The van der Waals surface area contributed by atoms with E-state index in [4.69, 9.17) is 4.84 Å². The molecule has 0 aromatic rings. The van der Waals surface area contributed by atoms with Gasteiger partial charge in [-0.1, -0.05) is 12.8 Å². The van der Waals surface area contributed by atoms with Crippen molar-refractivity contribution in [3.8, 4) is 0 Å². The molecule has 16 heavy (non-hydrogen) atoms. The average molecular weight is 231 g/mol. The Morgan fingerprint density at radius 1 is 1.00 bits per heavy atom. The van der Waals surface area contributed by atoms with E-state index in [0.717, 1.165) is 25.7 Å². The number of carbonyl (C=O) groups excluding carboxylic acids is 2. The van der Waals surface area contributed by atoms with Crippen LogP contribution in [0, 0.1) is 0 Å². The SMILES string of the molecule is COC(=O)CCCCCCC(=O)N(C)OC. The number of carbonyl (C=O) groups is 2. The van der Waals surface area contributed by atoms with E-state index < -0.39 is 0 Å². The minimum Gasteiger partial charge on any atom is -0.469 e. The highest BCUT2D eigenvalue weighted by Gasteiger charge is 2.06. The lowest BCUT2D eigenvalue weighted by Crippen LogP contribution is -2.24. The number of rotatable bonds is 8. The fourth-order valence-corrected chi connectivity index (χ4v) is 1.26. The number of unbranched alkanes of at least 4 members (excludes halogenated alkanes) is 3. The monoisotopic (exact) mass is 231 g/mol. The fourth-order valence-electron chi connectivity index (χ4n) is 1.26. The zero-order valence-electron chi connectivity index (χ0n) is 10.3. The van der Waals surface area contributed by atoms with E-state index in [1.165, 1.54) is 19.3 Å². The van der Waals surface area contributed by atoms with Crippen LogP contribution in [0.25, 0.3) is 0 Å². The zero-order valence-corrected chi connectivity index (χ0v) is 10.3. The molecule has 0 spiro atoms. The minimum absolute atomic E-state index is 0.0181. The summed E-state index contributed by atoms with van der Waals surface area (Å²) in [5.74, 6) is -0.189. The average Bonchev–Trinajstić information content (AvgIpc) is 2.31. The minimum atomic E-state index is -0.171. The molecule has 0 fully saturated rings. The van der Waals surface area contributed by atoms with Gasteiger partial charge >= 0.3 is 5.97 Å². The molecule has 0 aliphatic rings. The molecule has 0 rings (SSSR count). The van der Waals surface area contributed by atoms with Gasteiger partial charge in [-0.05, 0) is 12.8 Å². The van der Waals surface area contributed by atoms with Crippen LogP contribution in [0.1, 0.15) is 38.5 Å². The van der Waals surface area contributed by atoms with Crippen LogP contribution in [0.2, 0.25) is 0 Å². The van der Waals surface area contributed by atoms with E-state index in [9.17, 15) is 9.59 Å². The highest BCUT2D eigenvalue weighted by Crippen LogP contribution is 2.07. The van der Waals surface area contributed by atoms with Gasteiger partial charge in [-0.3, -0.25) is 14.4 Å². The Balaban J connectivity index is 3.33. The third-order valence-corrected chi connectivity index (χ3v) is 2.37. The lowest BCUT2D eigenvalue weighted by Gasteiger charge is -2.12. The van der Waals surface area contributed by atoms with Crippen molar-refractivity contribution < 1.29 is 19.2 Å². The molecule has 0 saturated heterocycles. The predicted molar refractivity (Wildman–Crippen MR) is 59.5 cm³/mol. The summed E-state index contributed by atoms with van der Waals surface area (Å²) in [6.45, 7) is 0. The van der Waals surface area contributed by atoms with Crippen molar-refractivity contribution in [2.45, 2.75) is 38.5 Å². The largest absolute Gasteiger partial charge is 0.469 e. The highest BCUT2D eigenvalue weighted by atomic mass is 16.7. The van der Waals surface area contributed by atoms with E-state index in [-0.39, 0.29) is 11.9 Å². The summed E-state index contributed by atoms with van der Waals surface area (Å²) < 4.78 is 4.52. The molecule has 5 heteroatoms. The van der Waals surface area contributed by atoms with Crippen molar-refractivity contribution >= 4 is 11.9 Å². The number of amides is 1. The summed E-state index contributed by atoms with van der Waals surface area (Å²) in [6, 6.07) is 0. The van der Waals surface area contributed by atoms with Crippen LogP contribution < -0.4 is 0 Å². The number of methoxy groups -OCH3 is 1. The summed E-state index contributed by atoms with van der Waals surface area (Å²) in [4.78, 5) is 26.8. The molecular formula is C11H21NO4. The van der Waals surface area contributed by atoms with Gasteiger partial charge in [0.25, 0.3) is 0 Å². The first kappa shape index (κ1) is 14.9. The van der Waals surface area contributed by atoms with Crippen LogP contribution in [-0.2, 0) is 19.2 Å². The Hall–Kier alpha value is -1.10. The highest BCUT2D eigenvalue weighted by molar-refractivity contribution is 5.74. The smallest absolute Gasteiger partial charge is 0.305 e. The van der Waals surface area contributed by atoms with Gasteiger partial charge in [0, 0.05) is 19.9 Å². The zero-order chi connectivity index (χ0) is 12.4.